The average Bonchev–Trinajstić information content (AvgIpc) is 3.18. The number of rotatable bonds is 6. The molecule has 1 atom stereocenters. The van der Waals surface area contributed by atoms with Crippen molar-refractivity contribution in [1.82, 2.24) is 20.2 Å². The summed E-state index contributed by atoms with van der Waals surface area (Å²) in [7, 11) is 0. The zero-order valence-corrected chi connectivity index (χ0v) is 18.7. The SMILES string of the molecule is CCOc1ccc(-c2nc(CN3CCNCC3c3cccnc3)cs2)cc1.Cl.Cl. The van der Waals surface area contributed by atoms with Gasteiger partial charge in [-0.05, 0) is 42.8 Å². The Morgan fingerprint density at radius 1 is 1.21 bits per heavy atom. The molecule has 1 saturated heterocycles. The maximum atomic E-state index is 5.52. The third-order valence-electron chi connectivity index (χ3n) is 4.75. The van der Waals surface area contributed by atoms with E-state index in [4.69, 9.17) is 9.72 Å². The van der Waals surface area contributed by atoms with E-state index in [1.165, 1.54) is 5.56 Å². The molecule has 1 aromatic carbocycles. The standard InChI is InChI=1S/C21H24N4OS.2ClH/c1-2-26-19-7-5-16(6-8-19)21-24-18(15-27-21)14-25-11-10-23-13-20(25)17-4-3-9-22-12-17;;/h3-9,12,15,20,23H,2,10-11,13-14H2,1H3;2*1H. The fourth-order valence-corrected chi connectivity index (χ4v) is 4.24. The number of piperazine rings is 1. The van der Waals surface area contributed by atoms with Crippen molar-refractivity contribution < 1.29 is 4.74 Å². The fourth-order valence-electron chi connectivity index (χ4n) is 3.42. The highest BCUT2D eigenvalue weighted by Gasteiger charge is 2.24. The van der Waals surface area contributed by atoms with Crippen LogP contribution in [0.25, 0.3) is 10.6 Å². The number of benzene rings is 1. The molecule has 2 aromatic heterocycles. The fraction of sp³-hybridized carbons (Fsp3) is 0.333. The molecule has 156 valence electrons. The zero-order valence-electron chi connectivity index (χ0n) is 16.3. The molecule has 3 aromatic rings. The van der Waals surface area contributed by atoms with Crippen molar-refractivity contribution in [3.8, 4) is 16.3 Å². The van der Waals surface area contributed by atoms with Crippen molar-refractivity contribution in [2.45, 2.75) is 19.5 Å². The lowest BCUT2D eigenvalue weighted by molar-refractivity contribution is 0.152. The van der Waals surface area contributed by atoms with Gasteiger partial charge in [0.2, 0.25) is 0 Å². The molecular weight excluding hydrogens is 427 g/mol. The van der Waals surface area contributed by atoms with Gasteiger partial charge < -0.3 is 10.1 Å². The topological polar surface area (TPSA) is 50.3 Å². The molecule has 0 bridgehead atoms. The Balaban J connectivity index is 0.00000150. The number of thiazole rings is 1. The molecule has 1 fully saturated rings. The van der Waals surface area contributed by atoms with E-state index in [0.717, 1.165) is 48.2 Å². The molecule has 29 heavy (non-hydrogen) atoms. The van der Waals surface area contributed by atoms with Crippen molar-refractivity contribution in [1.29, 1.82) is 0 Å². The lowest BCUT2D eigenvalue weighted by Crippen LogP contribution is -2.45. The maximum absolute atomic E-state index is 5.52. The molecule has 5 nitrogen and oxygen atoms in total. The number of nitrogens with one attached hydrogen (secondary N) is 1. The van der Waals surface area contributed by atoms with Gasteiger partial charge in [-0.25, -0.2) is 4.98 Å². The minimum Gasteiger partial charge on any atom is -0.494 e. The van der Waals surface area contributed by atoms with Crippen molar-refractivity contribution >= 4 is 36.2 Å². The Hall–Kier alpha value is -1.70. The van der Waals surface area contributed by atoms with Crippen LogP contribution in [0.2, 0.25) is 0 Å². The molecule has 3 heterocycles. The van der Waals surface area contributed by atoms with E-state index in [1.807, 2.05) is 37.5 Å². The number of pyridine rings is 1. The smallest absolute Gasteiger partial charge is 0.123 e. The zero-order chi connectivity index (χ0) is 18.5. The molecule has 4 rings (SSSR count). The van der Waals surface area contributed by atoms with E-state index < -0.39 is 0 Å². The van der Waals surface area contributed by atoms with E-state index in [1.54, 1.807) is 11.3 Å². The Bertz CT molecular complexity index is 861. The molecule has 1 N–H and O–H groups in total. The first kappa shape index (κ1) is 23.6. The van der Waals surface area contributed by atoms with Gasteiger partial charge >= 0.3 is 0 Å². The Kier molecular flexibility index (Phi) is 9.33. The van der Waals surface area contributed by atoms with Gasteiger partial charge in [0.05, 0.1) is 12.3 Å². The van der Waals surface area contributed by atoms with Gasteiger partial charge in [-0.1, -0.05) is 6.07 Å². The molecule has 1 unspecified atom stereocenters. The number of hydrogen-bond acceptors (Lipinski definition) is 6. The molecule has 8 heteroatoms. The van der Waals surface area contributed by atoms with Crippen LogP contribution in [0.5, 0.6) is 5.75 Å². The Labute approximate surface area is 188 Å². The number of halogens is 2. The third kappa shape index (κ3) is 5.90. The van der Waals surface area contributed by atoms with Crippen molar-refractivity contribution in [2.24, 2.45) is 0 Å². The van der Waals surface area contributed by atoms with E-state index >= 15 is 0 Å². The van der Waals surface area contributed by atoms with Crippen LogP contribution in [0.4, 0.5) is 0 Å². The van der Waals surface area contributed by atoms with Crippen LogP contribution in [-0.2, 0) is 6.54 Å². The highest BCUT2D eigenvalue weighted by Crippen LogP contribution is 2.28. The number of nitrogens with zero attached hydrogens (tertiary/aromatic N) is 3. The first-order valence-corrected chi connectivity index (χ1v) is 10.2. The van der Waals surface area contributed by atoms with Gasteiger partial charge in [-0.15, -0.1) is 36.2 Å². The van der Waals surface area contributed by atoms with Gasteiger partial charge in [-0.3, -0.25) is 9.88 Å². The Morgan fingerprint density at radius 3 is 2.76 bits per heavy atom. The van der Waals surface area contributed by atoms with Crippen molar-refractivity contribution in [3.05, 3.63) is 65.4 Å². The van der Waals surface area contributed by atoms with Crippen LogP contribution in [-0.4, -0.2) is 41.1 Å². The van der Waals surface area contributed by atoms with Crippen LogP contribution in [0, 0.1) is 0 Å². The molecule has 0 spiro atoms. The molecule has 1 aliphatic rings. The first-order chi connectivity index (χ1) is 13.3. The molecule has 1 aliphatic heterocycles. The van der Waals surface area contributed by atoms with Gasteiger partial charge in [0.15, 0.2) is 0 Å². The summed E-state index contributed by atoms with van der Waals surface area (Å²) in [6.45, 7) is 6.50. The second-order valence-corrected chi connectivity index (χ2v) is 7.44. The summed E-state index contributed by atoms with van der Waals surface area (Å²) in [6.07, 6.45) is 3.80. The van der Waals surface area contributed by atoms with E-state index in [0.29, 0.717) is 12.6 Å². The van der Waals surface area contributed by atoms with Gasteiger partial charge in [0, 0.05) is 55.6 Å². The quantitative estimate of drug-likeness (QED) is 0.592. The summed E-state index contributed by atoms with van der Waals surface area (Å²) in [6, 6.07) is 12.7. The second-order valence-electron chi connectivity index (χ2n) is 6.58. The minimum absolute atomic E-state index is 0. The van der Waals surface area contributed by atoms with Gasteiger partial charge in [0.25, 0.3) is 0 Å². The molecule has 0 saturated carbocycles. The number of hydrogen-bond donors (Lipinski definition) is 1. The summed E-state index contributed by atoms with van der Waals surface area (Å²) < 4.78 is 5.52. The molecule has 0 radical (unpaired) electrons. The highest BCUT2D eigenvalue weighted by molar-refractivity contribution is 7.13. The third-order valence-corrected chi connectivity index (χ3v) is 5.69. The molecule has 0 amide bonds. The van der Waals surface area contributed by atoms with Gasteiger partial charge in [0.1, 0.15) is 10.8 Å². The molecule has 0 aliphatic carbocycles. The monoisotopic (exact) mass is 452 g/mol. The van der Waals surface area contributed by atoms with E-state index in [-0.39, 0.29) is 24.8 Å². The second kappa shape index (κ2) is 11.5. The normalized spacial score (nSPS) is 16.5. The van der Waals surface area contributed by atoms with Crippen LogP contribution < -0.4 is 10.1 Å². The van der Waals surface area contributed by atoms with Crippen LogP contribution >= 0.6 is 36.2 Å². The predicted molar refractivity (Wildman–Crippen MR) is 123 cm³/mol. The Morgan fingerprint density at radius 2 is 2.03 bits per heavy atom. The van der Waals surface area contributed by atoms with E-state index in [2.05, 4.69) is 38.8 Å². The number of ether oxygens (including phenoxy) is 1. The average molecular weight is 453 g/mol. The number of aromatic nitrogens is 2. The van der Waals surface area contributed by atoms with E-state index in [9.17, 15) is 0 Å². The van der Waals surface area contributed by atoms with Crippen LogP contribution in [0.3, 0.4) is 0 Å². The highest BCUT2D eigenvalue weighted by atomic mass is 35.5. The van der Waals surface area contributed by atoms with Gasteiger partial charge in [-0.2, -0.15) is 0 Å². The summed E-state index contributed by atoms with van der Waals surface area (Å²) >= 11 is 1.70. The van der Waals surface area contributed by atoms with Crippen LogP contribution in [0.15, 0.2) is 54.2 Å². The first-order valence-electron chi connectivity index (χ1n) is 9.36. The predicted octanol–water partition coefficient (Wildman–Crippen LogP) is 4.59. The van der Waals surface area contributed by atoms with Crippen molar-refractivity contribution in [2.75, 3.05) is 26.2 Å². The summed E-state index contributed by atoms with van der Waals surface area (Å²) in [5.41, 5.74) is 3.52. The maximum Gasteiger partial charge on any atom is 0.123 e. The largest absolute Gasteiger partial charge is 0.494 e. The lowest BCUT2D eigenvalue weighted by atomic mass is 10.1. The lowest BCUT2D eigenvalue weighted by Gasteiger charge is -2.35. The summed E-state index contributed by atoms with van der Waals surface area (Å²) in [4.78, 5) is 11.7. The summed E-state index contributed by atoms with van der Waals surface area (Å²) in [5.74, 6) is 0.901. The summed E-state index contributed by atoms with van der Waals surface area (Å²) in [5, 5.41) is 6.73. The van der Waals surface area contributed by atoms with Crippen LogP contribution in [0.1, 0.15) is 24.2 Å². The molecular formula is C21H26Cl2N4OS. The van der Waals surface area contributed by atoms with Crippen molar-refractivity contribution in [3.63, 3.8) is 0 Å². The minimum atomic E-state index is 0.